The van der Waals surface area contributed by atoms with Crippen LogP contribution < -0.4 is 4.74 Å². The molecule has 0 saturated heterocycles. The molecule has 1 heterocycles. The second kappa shape index (κ2) is 5.44. The summed E-state index contributed by atoms with van der Waals surface area (Å²) in [7, 11) is -3.47. The normalized spacial score (nSPS) is 19.2. The third kappa shape index (κ3) is 3.30. The van der Waals surface area contributed by atoms with Gasteiger partial charge in [-0.1, -0.05) is 17.7 Å². The van der Waals surface area contributed by atoms with Gasteiger partial charge < -0.3 is 9.84 Å². The Balaban J connectivity index is 2.04. The van der Waals surface area contributed by atoms with E-state index in [1.807, 2.05) is 25.1 Å². The maximum Gasteiger partial charge on any atom is 0.304 e. The highest BCUT2D eigenvalue weighted by Gasteiger charge is 2.31. The average Bonchev–Trinajstić information content (AvgIpc) is 2.68. The summed E-state index contributed by atoms with van der Waals surface area (Å²) >= 11 is 0. The number of sulfone groups is 1. The Hall–Kier alpha value is -1.56. The van der Waals surface area contributed by atoms with E-state index in [2.05, 4.69) is 0 Å². The molecule has 0 bridgehead atoms. The summed E-state index contributed by atoms with van der Waals surface area (Å²) in [5, 5.41) is 7.79. The van der Waals surface area contributed by atoms with Crippen LogP contribution in [0.1, 0.15) is 24.5 Å². The zero-order valence-electron chi connectivity index (χ0n) is 11.5. The molecular formula is C14H18O5S. The Labute approximate surface area is 118 Å². The molecular weight excluding hydrogens is 280 g/mol. The van der Waals surface area contributed by atoms with Crippen molar-refractivity contribution in [3.63, 3.8) is 0 Å². The van der Waals surface area contributed by atoms with E-state index >= 15 is 0 Å². The van der Waals surface area contributed by atoms with Gasteiger partial charge in [0.15, 0.2) is 9.84 Å². The molecule has 110 valence electrons. The van der Waals surface area contributed by atoms with E-state index in [9.17, 15) is 13.2 Å². The van der Waals surface area contributed by atoms with E-state index in [-0.39, 0.29) is 12.2 Å². The molecule has 5 nitrogen and oxygen atoms in total. The molecule has 20 heavy (non-hydrogen) atoms. The fourth-order valence-electron chi connectivity index (χ4n) is 2.34. The first kappa shape index (κ1) is 14.8. The van der Waals surface area contributed by atoms with Crippen LogP contribution in [0.3, 0.4) is 0 Å². The number of hydrogen-bond donors (Lipinski definition) is 1. The summed E-state index contributed by atoms with van der Waals surface area (Å²) in [5.74, 6) is -0.524. The Morgan fingerprint density at radius 1 is 1.50 bits per heavy atom. The lowest BCUT2D eigenvalue weighted by Gasteiger charge is -2.15. The zero-order valence-corrected chi connectivity index (χ0v) is 12.3. The van der Waals surface area contributed by atoms with Gasteiger partial charge in [0.25, 0.3) is 0 Å². The highest BCUT2D eigenvalue weighted by molar-refractivity contribution is 7.92. The van der Waals surface area contributed by atoms with Crippen LogP contribution >= 0.6 is 0 Å². The van der Waals surface area contributed by atoms with Crippen LogP contribution in [0.15, 0.2) is 18.2 Å². The van der Waals surface area contributed by atoms with Gasteiger partial charge >= 0.3 is 5.97 Å². The summed E-state index contributed by atoms with van der Waals surface area (Å²) in [6.07, 6.45) is -0.245. The lowest BCUT2D eigenvalue weighted by Crippen LogP contribution is -2.32. The van der Waals surface area contributed by atoms with Crippen molar-refractivity contribution in [2.45, 2.75) is 38.0 Å². The van der Waals surface area contributed by atoms with Crippen LogP contribution in [-0.2, 0) is 21.1 Å². The molecule has 0 fully saturated rings. The van der Waals surface area contributed by atoms with E-state index in [1.54, 1.807) is 0 Å². The average molecular weight is 298 g/mol. The van der Waals surface area contributed by atoms with Crippen molar-refractivity contribution >= 4 is 15.8 Å². The van der Waals surface area contributed by atoms with Gasteiger partial charge in [0.2, 0.25) is 0 Å². The third-order valence-electron chi connectivity index (χ3n) is 3.45. The van der Waals surface area contributed by atoms with Crippen LogP contribution in [-0.4, -0.2) is 36.6 Å². The second-order valence-corrected chi connectivity index (χ2v) is 7.76. The van der Waals surface area contributed by atoms with Crippen molar-refractivity contribution < 1.29 is 23.1 Å². The van der Waals surface area contributed by atoms with Crippen LogP contribution in [0.5, 0.6) is 5.75 Å². The Morgan fingerprint density at radius 3 is 2.85 bits per heavy atom. The first-order valence-corrected chi connectivity index (χ1v) is 8.19. The third-order valence-corrected chi connectivity index (χ3v) is 5.68. The molecule has 0 amide bonds. The quantitative estimate of drug-likeness (QED) is 0.892. The van der Waals surface area contributed by atoms with Crippen LogP contribution in [0.25, 0.3) is 0 Å². The van der Waals surface area contributed by atoms with Crippen LogP contribution in [0, 0.1) is 6.92 Å². The molecule has 0 saturated carbocycles. The highest BCUT2D eigenvalue weighted by Crippen LogP contribution is 2.30. The second-order valence-electron chi connectivity index (χ2n) is 5.29. The molecule has 1 aromatic carbocycles. The number of carboxylic acids is 1. The number of rotatable bonds is 5. The summed E-state index contributed by atoms with van der Waals surface area (Å²) < 4.78 is 29.8. The van der Waals surface area contributed by atoms with Crippen LogP contribution in [0.2, 0.25) is 0 Å². The number of hydrogen-bond acceptors (Lipinski definition) is 4. The summed E-state index contributed by atoms with van der Waals surface area (Å²) in [4.78, 5) is 10.6. The van der Waals surface area contributed by atoms with E-state index in [1.165, 1.54) is 6.92 Å². The molecule has 2 rings (SSSR count). The van der Waals surface area contributed by atoms with Crippen molar-refractivity contribution in [2.24, 2.45) is 0 Å². The van der Waals surface area contributed by atoms with E-state index < -0.39 is 27.2 Å². The fraction of sp³-hybridized carbons (Fsp3) is 0.500. The number of aryl methyl sites for hydroxylation is 1. The maximum absolute atomic E-state index is 12.1. The summed E-state index contributed by atoms with van der Waals surface area (Å²) in [5.41, 5.74) is 2.12. The van der Waals surface area contributed by atoms with Crippen molar-refractivity contribution in [3.05, 3.63) is 29.3 Å². The molecule has 1 aromatic rings. The number of carbonyl (C=O) groups is 1. The number of ether oxygens (including phenoxy) is 1. The predicted molar refractivity (Wildman–Crippen MR) is 74.8 cm³/mol. The van der Waals surface area contributed by atoms with Gasteiger partial charge in [0, 0.05) is 6.42 Å². The molecule has 0 radical (unpaired) electrons. The topological polar surface area (TPSA) is 80.7 Å². The fourth-order valence-corrected chi connectivity index (χ4v) is 3.77. The standard InChI is InChI=1S/C14H18O5S/c1-9-3-4-13-11(5-9)7-12(19-13)8-20(17,18)10(2)6-14(15)16/h3-5,10,12H,6-8H2,1-2H3,(H,15,16). The lowest BCUT2D eigenvalue weighted by atomic mass is 10.1. The van der Waals surface area contributed by atoms with Gasteiger partial charge in [0.05, 0.1) is 17.4 Å². The van der Waals surface area contributed by atoms with Crippen molar-refractivity contribution in [1.82, 2.24) is 0 Å². The number of fused-ring (bicyclic) bond motifs is 1. The Kier molecular flexibility index (Phi) is 4.04. The number of benzene rings is 1. The number of carboxylic acid groups (broad SMARTS) is 1. The highest BCUT2D eigenvalue weighted by atomic mass is 32.2. The Morgan fingerprint density at radius 2 is 2.20 bits per heavy atom. The Bertz CT molecular complexity index is 620. The van der Waals surface area contributed by atoms with Gasteiger partial charge in [-0.15, -0.1) is 0 Å². The van der Waals surface area contributed by atoms with Gasteiger partial charge in [0.1, 0.15) is 11.9 Å². The van der Waals surface area contributed by atoms with Gasteiger partial charge in [-0.25, -0.2) is 8.42 Å². The molecule has 6 heteroatoms. The summed E-state index contributed by atoms with van der Waals surface area (Å²) in [6.45, 7) is 3.40. The van der Waals surface area contributed by atoms with Crippen molar-refractivity contribution in [2.75, 3.05) is 5.75 Å². The first-order chi connectivity index (χ1) is 9.28. The van der Waals surface area contributed by atoms with E-state index in [0.29, 0.717) is 6.42 Å². The van der Waals surface area contributed by atoms with Crippen molar-refractivity contribution in [3.8, 4) is 5.75 Å². The van der Waals surface area contributed by atoms with Gasteiger partial charge in [-0.3, -0.25) is 4.79 Å². The smallest absolute Gasteiger partial charge is 0.304 e. The predicted octanol–water partition coefficient (Wildman–Crippen LogP) is 1.58. The first-order valence-electron chi connectivity index (χ1n) is 6.47. The minimum Gasteiger partial charge on any atom is -0.489 e. The van der Waals surface area contributed by atoms with E-state index in [0.717, 1.165) is 16.9 Å². The largest absolute Gasteiger partial charge is 0.489 e. The molecule has 0 spiro atoms. The molecule has 0 aliphatic carbocycles. The van der Waals surface area contributed by atoms with E-state index in [4.69, 9.17) is 9.84 Å². The minimum atomic E-state index is -3.47. The van der Waals surface area contributed by atoms with Gasteiger partial charge in [-0.2, -0.15) is 0 Å². The minimum absolute atomic E-state index is 0.144. The molecule has 0 aromatic heterocycles. The van der Waals surface area contributed by atoms with Crippen LogP contribution in [0.4, 0.5) is 0 Å². The monoisotopic (exact) mass is 298 g/mol. The maximum atomic E-state index is 12.1. The summed E-state index contributed by atoms with van der Waals surface area (Å²) in [6, 6.07) is 5.75. The molecule has 2 atom stereocenters. The molecule has 2 unspecified atom stereocenters. The lowest BCUT2D eigenvalue weighted by molar-refractivity contribution is -0.136. The van der Waals surface area contributed by atoms with Crippen molar-refractivity contribution in [1.29, 1.82) is 0 Å². The molecule has 1 N–H and O–H groups in total. The zero-order chi connectivity index (χ0) is 14.9. The molecule has 1 aliphatic rings. The van der Waals surface area contributed by atoms with Gasteiger partial charge in [-0.05, 0) is 25.5 Å². The SMILES string of the molecule is Cc1ccc2c(c1)CC(CS(=O)(=O)C(C)CC(=O)O)O2. The molecule has 1 aliphatic heterocycles. The number of aliphatic carboxylic acids is 1.